The third-order valence-electron chi connectivity index (χ3n) is 16.3. The summed E-state index contributed by atoms with van der Waals surface area (Å²) in [6.07, 6.45) is 7.39. The summed E-state index contributed by atoms with van der Waals surface area (Å²) < 4.78 is 75.0. The summed E-state index contributed by atoms with van der Waals surface area (Å²) in [7, 11) is 6.70. The lowest BCUT2D eigenvalue weighted by Gasteiger charge is -2.24. The van der Waals surface area contributed by atoms with E-state index >= 15 is 0 Å². The van der Waals surface area contributed by atoms with Gasteiger partial charge in [-0.15, -0.1) is 0 Å². The van der Waals surface area contributed by atoms with Crippen molar-refractivity contribution in [1.29, 1.82) is 0 Å². The summed E-state index contributed by atoms with van der Waals surface area (Å²) in [5.74, 6) is 5.29. The van der Waals surface area contributed by atoms with Crippen molar-refractivity contribution in [2.24, 2.45) is 51.8 Å². The molecule has 0 unspecified atom stereocenters. The second kappa shape index (κ2) is 34.0. The standard InChI is InChI=1S/C36H43F3N4O3.C35H50N4O3/c1-44-31-19-25(9-13-40)34(26(20-31)10-14-41)24-5-8-32(33(21-24)45-2)29-17-27(11-15-42)35(28(18-29)12-16-43)46-22-23-3-6-30(7-4-23)36(37,38)39;1-40-31-20-26(10-14-36)34(27(21-31)11-15-37)25-8-9-32(33(22-25)41-2)30-18-28(12-16-38)35(29(19-30)13-17-39)42-23-24-6-4-3-5-7-24/h3-8,17-21H,9-16,22,40-43H2,1-2H3;8-9,18-22,24H,3-7,10-17,23,36-39H2,1-2H3. The van der Waals surface area contributed by atoms with Gasteiger partial charge >= 0.3 is 6.18 Å². The van der Waals surface area contributed by atoms with Gasteiger partial charge < -0.3 is 74.3 Å². The minimum atomic E-state index is -4.40. The van der Waals surface area contributed by atoms with Crippen molar-refractivity contribution in [2.45, 2.75) is 96.3 Å². The largest absolute Gasteiger partial charge is 0.497 e. The number of nitrogens with two attached hydrogens (primary N) is 8. The number of halogens is 3. The van der Waals surface area contributed by atoms with Crippen LogP contribution in [0, 0.1) is 5.92 Å². The van der Waals surface area contributed by atoms with Gasteiger partial charge in [-0.2, -0.15) is 13.2 Å². The molecule has 1 aliphatic carbocycles. The number of benzene rings is 7. The van der Waals surface area contributed by atoms with E-state index in [9.17, 15) is 13.2 Å². The van der Waals surface area contributed by atoms with E-state index < -0.39 is 11.7 Å². The number of methoxy groups -OCH3 is 4. The Labute approximate surface area is 518 Å². The molecule has 14 nitrogen and oxygen atoms in total. The Kier molecular flexibility index (Phi) is 26.4. The molecule has 1 aliphatic rings. The fraction of sp³-hybridized carbons (Fsp3) is 0.408. The normalized spacial score (nSPS) is 12.6. The summed E-state index contributed by atoms with van der Waals surface area (Å²) in [4.78, 5) is 0. The Morgan fingerprint density at radius 3 is 1.07 bits per heavy atom. The molecular weight excluding hydrogens is 1120 g/mol. The average Bonchev–Trinajstić information content (AvgIpc) is 2.86. The molecule has 0 saturated heterocycles. The number of hydrogen-bond donors (Lipinski definition) is 8. The fourth-order valence-corrected chi connectivity index (χ4v) is 12.1. The quantitative estimate of drug-likeness (QED) is 0.0208. The van der Waals surface area contributed by atoms with E-state index in [1.54, 1.807) is 28.4 Å². The Balaban J connectivity index is 0.000000252. The Hall–Kier alpha value is -7.19. The molecule has 7 aromatic rings. The van der Waals surface area contributed by atoms with Gasteiger partial charge in [0.15, 0.2) is 0 Å². The Morgan fingerprint density at radius 2 is 0.739 bits per heavy atom. The molecule has 0 aliphatic heterocycles. The molecule has 0 heterocycles. The third kappa shape index (κ3) is 17.6. The molecule has 7 aromatic carbocycles. The van der Waals surface area contributed by atoms with Crippen LogP contribution >= 0.6 is 0 Å². The van der Waals surface area contributed by atoms with Crippen LogP contribution in [0.2, 0.25) is 0 Å². The lowest BCUT2D eigenvalue weighted by Crippen LogP contribution is -2.17. The first-order valence-corrected chi connectivity index (χ1v) is 30.8. The maximum absolute atomic E-state index is 13.0. The van der Waals surface area contributed by atoms with E-state index in [1.165, 1.54) is 44.2 Å². The van der Waals surface area contributed by atoms with Crippen LogP contribution < -0.4 is 74.3 Å². The van der Waals surface area contributed by atoms with E-state index in [0.29, 0.717) is 101 Å². The molecule has 474 valence electrons. The topological polar surface area (TPSA) is 264 Å². The first-order valence-electron chi connectivity index (χ1n) is 30.8. The van der Waals surface area contributed by atoms with E-state index in [2.05, 4.69) is 48.5 Å². The van der Waals surface area contributed by atoms with Gasteiger partial charge in [-0.1, -0.05) is 55.7 Å². The van der Waals surface area contributed by atoms with Crippen LogP contribution in [-0.2, 0) is 64.1 Å². The number of rotatable bonds is 30. The highest BCUT2D eigenvalue weighted by molar-refractivity contribution is 5.82. The fourth-order valence-electron chi connectivity index (χ4n) is 12.1. The lowest BCUT2D eigenvalue weighted by atomic mass is 9.88. The minimum Gasteiger partial charge on any atom is -0.497 e. The summed E-state index contributed by atoms with van der Waals surface area (Å²) in [6, 6.07) is 34.2. The summed E-state index contributed by atoms with van der Waals surface area (Å²) in [5.41, 5.74) is 64.7. The second-order valence-electron chi connectivity index (χ2n) is 22.3. The van der Waals surface area contributed by atoms with Crippen LogP contribution in [0.1, 0.15) is 87.7 Å². The number of ether oxygens (including phenoxy) is 6. The van der Waals surface area contributed by atoms with Crippen molar-refractivity contribution >= 4 is 0 Å². The zero-order valence-corrected chi connectivity index (χ0v) is 51.9. The van der Waals surface area contributed by atoms with Crippen LogP contribution in [0.25, 0.3) is 44.5 Å². The third-order valence-corrected chi connectivity index (χ3v) is 16.3. The van der Waals surface area contributed by atoms with Crippen molar-refractivity contribution in [1.82, 2.24) is 0 Å². The Bertz CT molecular complexity index is 3240. The van der Waals surface area contributed by atoms with Gasteiger partial charge in [-0.05, 0) is 279 Å². The molecule has 17 heteroatoms. The van der Waals surface area contributed by atoms with E-state index in [4.69, 9.17) is 74.3 Å². The SMILES string of the molecule is COc1cc(CCN)c(-c2ccc(-c3cc(CCN)c(OCC4CCCCC4)c(CCN)c3)c(OC)c2)c(CCN)c1.COc1cc(CCN)c(-c2ccc(-c3cc(CCN)c(OCc4ccc(C(F)(F)F)cc4)c(CCN)c3)c(OC)c2)c(CCN)c1. The van der Waals surface area contributed by atoms with Crippen molar-refractivity contribution in [3.05, 3.63) is 165 Å². The van der Waals surface area contributed by atoms with Crippen molar-refractivity contribution in [3.8, 4) is 79.0 Å². The molecule has 88 heavy (non-hydrogen) atoms. The van der Waals surface area contributed by atoms with Gasteiger partial charge in [0, 0.05) is 11.1 Å². The molecule has 0 aromatic heterocycles. The van der Waals surface area contributed by atoms with Crippen LogP contribution in [-0.4, -0.2) is 87.4 Å². The van der Waals surface area contributed by atoms with Crippen LogP contribution in [0.3, 0.4) is 0 Å². The molecule has 1 fully saturated rings. The average molecular weight is 1210 g/mol. The number of alkyl halides is 3. The van der Waals surface area contributed by atoms with Gasteiger partial charge in [0.2, 0.25) is 0 Å². The molecular formula is C71H93F3N8O6. The first-order chi connectivity index (χ1) is 42.7. The molecule has 8 rings (SSSR count). The minimum absolute atomic E-state index is 0.1000. The van der Waals surface area contributed by atoms with Gasteiger partial charge in [0.1, 0.15) is 41.1 Å². The first kappa shape index (κ1) is 68.3. The van der Waals surface area contributed by atoms with Gasteiger partial charge in [-0.3, -0.25) is 0 Å². The zero-order valence-electron chi connectivity index (χ0n) is 51.9. The summed E-state index contributed by atoms with van der Waals surface area (Å²) in [6.45, 7) is 4.76. The second-order valence-corrected chi connectivity index (χ2v) is 22.3. The van der Waals surface area contributed by atoms with Crippen molar-refractivity contribution in [2.75, 3.05) is 87.4 Å². The van der Waals surface area contributed by atoms with Crippen LogP contribution in [0.5, 0.6) is 34.5 Å². The van der Waals surface area contributed by atoms with E-state index in [1.807, 2.05) is 36.4 Å². The molecule has 0 amide bonds. The molecule has 0 spiro atoms. The number of hydrogen-bond acceptors (Lipinski definition) is 14. The van der Waals surface area contributed by atoms with E-state index in [0.717, 1.165) is 156 Å². The summed E-state index contributed by atoms with van der Waals surface area (Å²) >= 11 is 0. The van der Waals surface area contributed by atoms with Gasteiger partial charge in [0.25, 0.3) is 0 Å². The highest BCUT2D eigenvalue weighted by atomic mass is 19.4. The molecule has 0 atom stereocenters. The highest BCUT2D eigenvalue weighted by Crippen LogP contribution is 2.44. The molecule has 0 bridgehead atoms. The predicted molar refractivity (Wildman–Crippen MR) is 351 cm³/mol. The smallest absolute Gasteiger partial charge is 0.416 e. The van der Waals surface area contributed by atoms with Crippen molar-refractivity contribution in [3.63, 3.8) is 0 Å². The van der Waals surface area contributed by atoms with Crippen molar-refractivity contribution < 1.29 is 41.6 Å². The van der Waals surface area contributed by atoms with Gasteiger partial charge in [0.05, 0.1) is 40.6 Å². The highest BCUT2D eigenvalue weighted by Gasteiger charge is 2.30. The van der Waals surface area contributed by atoms with Crippen LogP contribution in [0.15, 0.2) is 109 Å². The summed E-state index contributed by atoms with van der Waals surface area (Å²) in [5, 5.41) is 0. The zero-order chi connectivity index (χ0) is 63.2. The molecule has 0 radical (unpaired) electrons. The maximum atomic E-state index is 13.0. The van der Waals surface area contributed by atoms with E-state index in [-0.39, 0.29) is 6.61 Å². The lowest BCUT2D eigenvalue weighted by molar-refractivity contribution is -0.137. The maximum Gasteiger partial charge on any atom is 0.416 e. The Morgan fingerprint density at radius 1 is 0.386 bits per heavy atom. The molecule has 16 N–H and O–H groups in total. The van der Waals surface area contributed by atoms with Gasteiger partial charge in [-0.25, -0.2) is 0 Å². The monoisotopic (exact) mass is 1210 g/mol. The molecule has 1 saturated carbocycles. The van der Waals surface area contributed by atoms with Crippen LogP contribution in [0.4, 0.5) is 13.2 Å². The predicted octanol–water partition coefficient (Wildman–Crippen LogP) is 10.6.